The van der Waals surface area contributed by atoms with Gasteiger partial charge >= 0.3 is 0 Å². The fourth-order valence-corrected chi connectivity index (χ4v) is 1.82. The van der Waals surface area contributed by atoms with E-state index in [1.165, 1.54) is 11.9 Å². The topological polar surface area (TPSA) is 63.8 Å². The summed E-state index contributed by atoms with van der Waals surface area (Å²) in [7, 11) is 0. The number of nitrogens with zero attached hydrogens (tertiary/aromatic N) is 2. The second kappa shape index (κ2) is 6.21. The van der Waals surface area contributed by atoms with E-state index in [9.17, 15) is 0 Å². The Morgan fingerprint density at radius 2 is 1.94 bits per heavy atom. The van der Waals surface area contributed by atoms with Gasteiger partial charge in [-0.2, -0.15) is 0 Å². The van der Waals surface area contributed by atoms with Crippen LogP contribution in [0, 0.1) is 0 Å². The third-order valence-corrected chi connectivity index (χ3v) is 2.97. The third-order valence-electron chi connectivity index (χ3n) is 2.59. The standard InChI is InChI=1S/C13H15ClN4/c14-11-12(15)17-9-18-13(11)16-8-4-7-10-5-2-1-3-6-10/h1-3,5-6,9H,4,7-8H2,(H3,15,16,17,18). The van der Waals surface area contributed by atoms with Gasteiger partial charge in [0.25, 0.3) is 0 Å². The molecule has 0 aliphatic rings. The van der Waals surface area contributed by atoms with Gasteiger partial charge in [-0.05, 0) is 18.4 Å². The molecule has 0 radical (unpaired) electrons. The van der Waals surface area contributed by atoms with E-state index in [0.29, 0.717) is 16.7 Å². The maximum Gasteiger partial charge on any atom is 0.150 e. The molecule has 1 heterocycles. The van der Waals surface area contributed by atoms with Crippen molar-refractivity contribution in [2.24, 2.45) is 0 Å². The molecule has 18 heavy (non-hydrogen) atoms. The Morgan fingerprint density at radius 1 is 1.17 bits per heavy atom. The predicted molar refractivity (Wildman–Crippen MR) is 74.7 cm³/mol. The highest BCUT2D eigenvalue weighted by molar-refractivity contribution is 6.35. The molecule has 1 aromatic heterocycles. The molecule has 0 aliphatic carbocycles. The summed E-state index contributed by atoms with van der Waals surface area (Å²) in [5.74, 6) is 0.898. The number of anilines is 2. The number of rotatable bonds is 5. The molecule has 94 valence electrons. The first-order valence-electron chi connectivity index (χ1n) is 5.81. The first-order chi connectivity index (χ1) is 8.77. The lowest BCUT2D eigenvalue weighted by Gasteiger charge is -2.07. The van der Waals surface area contributed by atoms with Crippen LogP contribution in [0.15, 0.2) is 36.7 Å². The van der Waals surface area contributed by atoms with E-state index in [4.69, 9.17) is 17.3 Å². The molecular weight excluding hydrogens is 248 g/mol. The Balaban J connectivity index is 1.81. The van der Waals surface area contributed by atoms with Crippen molar-refractivity contribution >= 4 is 23.2 Å². The summed E-state index contributed by atoms with van der Waals surface area (Å²) >= 11 is 5.98. The number of aryl methyl sites for hydroxylation is 1. The largest absolute Gasteiger partial charge is 0.382 e. The first kappa shape index (κ1) is 12.6. The van der Waals surface area contributed by atoms with Crippen LogP contribution in [-0.2, 0) is 6.42 Å². The second-order valence-electron chi connectivity index (χ2n) is 3.94. The van der Waals surface area contributed by atoms with Gasteiger partial charge in [0.15, 0.2) is 0 Å². The number of nitrogens with two attached hydrogens (primary N) is 1. The van der Waals surface area contributed by atoms with Crippen LogP contribution in [-0.4, -0.2) is 16.5 Å². The van der Waals surface area contributed by atoms with Crippen molar-refractivity contribution < 1.29 is 0 Å². The Labute approximate surface area is 111 Å². The minimum absolute atomic E-state index is 0.303. The highest BCUT2D eigenvalue weighted by Gasteiger charge is 2.04. The molecule has 0 aliphatic heterocycles. The summed E-state index contributed by atoms with van der Waals surface area (Å²) in [5, 5.41) is 3.55. The van der Waals surface area contributed by atoms with Gasteiger partial charge < -0.3 is 11.1 Å². The van der Waals surface area contributed by atoms with Gasteiger partial charge in [0, 0.05) is 6.54 Å². The van der Waals surface area contributed by atoms with Crippen molar-refractivity contribution in [2.75, 3.05) is 17.6 Å². The lowest BCUT2D eigenvalue weighted by Crippen LogP contribution is -2.06. The molecule has 2 aromatic rings. The zero-order chi connectivity index (χ0) is 12.8. The summed E-state index contributed by atoms with van der Waals surface area (Å²) < 4.78 is 0. The molecule has 0 atom stereocenters. The molecule has 2 rings (SSSR count). The smallest absolute Gasteiger partial charge is 0.150 e. The Morgan fingerprint density at radius 3 is 2.72 bits per heavy atom. The Hall–Kier alpha value is -1.81. The van der Waals surface area contributed by atoms with E-state index in [-0.39, 0.29) is 0 Å². The van der Waals surface area contributed by atoms with Gasteiger partial charge in [-0.25, -0.2) is 9.97 Å². The van der Waals surface area contributed by atoms with Crippen LogP contribution in [0.2, 0.25) is 5.02 Å². The van der Waals surface area contributed by atoms with Crippen LogP contribution in [0.5, 0.6) is 0 Å². The van der Waals surface area contributed by atoms with Gasteiger partial charge in [-0.3, -0.25) is 0 Å². The number of halogens is 1. The minimum atomic E-state index is 0.303. The van der Waals surface area contributed by atoms with E-state index in [1.807, 2.05) is 18.2 Å². The van der Waals surface area contributed by atoms with Crippen molar-refractivity contribution in [2.45, 2.75) is 12.8 Å². The van der Waals surface area contributed by atoms with Gasteiger partial charge in [0.05, 0.1) is 0 Å². The zero-order valence-corrected chi connectivity index (χ0v) is 10.7. The van der Waals surface area contributed by atoms with Gasteiger partial charge in [0.1, 0.15) is 23.0 Å². The SMILES string of the molecule is Nc1ncnc(NCCCc2ccccc2)c1Cl. The molecule has 0 amide bonds. The molecule has 0 spiro atoms. The molecular formula is C13H15ClN4. The first-order valence-corrected chi connectivity index (χ1v) is 6.19. The van der Waals surface area contributed by atoms with Crippen LogP contribution < -0.4 is 11.1 Å². The fraction of sp³-hybridized carbons (Fsp3) is 0.231. The number of hydrogen-bond donors (Lipinski definition) is 2. The number of hydrogen-bond acceptors (Lipinski definition) is 4. The van der Waals surface area contributed by atoms with Crippen molar-refractivity contribution in [1.82, 2.24) is 9.97 Å². The average Bonchev–Trinajstić information content (AvgIpc) is 2.40. The van der Waals surface area contributed by atoms with E-state index in [2.05, 4.69) is 27.4 Å². The Kier molecular flexibility index (Phi) is 4.36. The molecule has 0 fully saturated rings. The summed E-state index contributed by atoms with van der Waals surface area (Å²) in [6.07, 6.45) is 3.43. The van der Waals surface area contributed by atoms with Crippen molar-refractivity contribution in [1.29, 1.82) is 0 Å². The normalized spacial score (nSPS) is 10.3. The van der Waals surface area contributed by atoms with Gasteiger partial charge in [-0.1, -0.05) is 41.9 Å². The highest BCUT2D eigenvalue weighted by Crippen LogP contribution is 2.22. The summed E-state index contributed by atoms with van der Waals surface area (Å²) in [6.45, 7) is 0.797. The van der Waals surface area contributed by atoms with Crippen molar-refractivity contribution in [3.63, 3.8) is 0 Å². The van der Waals surface area contributed by atoms with Crippen molar-refractivity contribution in [3.05, 3.63) is 47.2 Å². The van der Waals surface area contributed by atoms with Crippen LogP contribution in [0.3, 0.4) is 0 Å². The predicted octanol–water partition coefficient (Wildman–Crippen LogP) is 2.76. The Bertz CT molecular complexity index is 502. The molecule has 1 aromatic carbocycles. The monoisotopic (exact) mass is 262 g/mol. The number of nitrogen functional groups attached to an aromatic ring is 1. The quantitative estimate of drug-likeness (QED) is 0.814. The number of aromatic nitrogens is 2. The molecule has 3 N–H and O–H groups in total. The maximum atomic E-state index is 5.98. The molecule has 0 saturated heterocycles. The summed E-state index contributed by atoms with van der Waals surface area (Å²) in [6, 6.07) is 10.4. The van der Waals surface area contributed by atoms with E-state index < -0.39 is 0 Å². The fourth-order valence-electron chi connectivity index (χ4n) is 1.65. The van der Waals surface area contributed by atoms with Gasteiger partial charge in [-0.15, -0.1) is 0 Å². The average molecular weight is 263 g/mol. The highest BCUT2D eigenvalue weighted by atomic mass is 35.5. The van der Waals surface area contributed by atoms with E-state index in [0.717, 1.165) is 19.4 Å². The van der Waals surface area contributed by atoms with Crippen LogP contribution in [0.25, 0.3) is 0 Å². The molecule has 0 unspecified atom stereocenters. The third kappa shape index (κ3) is 3.34. The van der Waals surface area contributed by atoms with E-state index >= 15 is 0 Å². The van der Waals surface area contributed by atoms with Gasteiger partial charge in [0.2, 0.25) is 0 Å². The lowest BCUT2D eigenvalue weighted by molar-refractivity contribution is 0.858. The second-order valence-corrected chi connectivity index (χ2v) is 4.32. The summed E-state index contributed by atoms with van der Waals surface area (Å²) in [4.78, 5) is 7.86. The zero-order valence-electron chi connectivity index (χ0n) is 9.94. The summed E-state index contributed by atoms with van der Waals surface area (Å²) in [5.41, 5.74) is 6.92. The van der Waals surface area contributed by atoms with Crippen molar-refractivity contribution in [3.8, 4) is 0 Å². The van der Waals surface area contributed by atoms with E-state index in [1.54, 1.807) is 0 Å². The molecule has 4 nitrogen and oxygen atoms in total. The molecule has 5 heteroatoms. The molecule has 0 bridgehead atoms. The number of nitrogens with one attached hydrogen (secondary N) is 1. The maximum absolute atomic E-state index is 5.98. The molecule has 0 saturated carbocycles. The van der Waals surface area contributed by atoms with Crippen LogP contribution >= 0.6 is 11.6 Å². The minimum Gasteiger partial charge on any atom is -0.382 e. The van der Waals surface area contributed by atoms with Crippen LogP contribution in [0.4, 0.5) is 11.6 Å². The number of benzene rings is 1. The van der Waals surface area contributed by atoms with Crippen LogP contribution in [0.1, 0.15) is 12.0 Å². The lowest BCUT2D eigenvalue weighted by atomic mass is 10.1.